The van der Waals surface area contributed by atoms with Crippen LogP contribution in [-0.2, 0) is 4.79 Å². The maximum Gasteiger partial charge on any atom is 0.219 e. The molecule has 0 heterocycles. The Kier molecular flexibility index (Phi) is 5.40. The first-order valence-electron chi connectivity index (χ1n) is 12.1. The van der Waals surface area contributed by atoms with Crippen LogP contribution in [0.4, 0.5) is 0 Å². The number of hydrogen-bond donors (Lipinski definition) is 1. The molecule has 4 rings (SSSR count). The molecule has 154 valence electrons. The van der Waals surface area contributed by atoms with Gasteiger partial charge in [-0.25, -0.2) is 0 Å². The van der Waals surface area contributed by atoms with Crippen molar-refractivity contribution in [2.45, 2.75) is 97.8 Å². The van der Waals surface area contributed by atoms with Crippen molar-refractivity contribution in [3.8, 4) is 0 Å². The van der Waals surface area contributed by atoms with Gasteiger partial charge in [-0.2, -0.15) is 0 Å². The van der Waals surface area contributed by atoms with E-state index in [2.05, 4.69) is 26.1 Å². The van der Waals surface area contributed by atoms with Crippen LogP contribution in [0.2, 0.25) is 0 Å². The molecule has 0 aliphatic heterocycles. The molecule has 2 heteroatoms. The van der Waals surface area contributed by atoms with Crippen molar-refractivity contribution < 1.29 is 4.79 Å². The van der Waals surface area contributed by atoms with Crippen LogP contribution >= 0.6 is 0 Å². The average Bonchev–Trinajstić information content (AvgIpc) is 3.02. The van der Waals surface area contributed by atoms with Gasteiger partial charge in [0.1, 0.15) is 0 Å². The number of amides is 1. The molecule has 0 aromatic carbocycles. The SMILES string of the molecule is CNC(=O)CC[C@@H](C)C1CCC2C3CC[C@@H]4CCCC[C@]4(C)C3CC[C@@]21C. The molecule has 0 radical (unpaired) electrons. The predicted molar refractivity (Wildman–Crippen MR) is 112 cm³/mol. The third-order valence-corrected chi connectivity index (χ3v) is 10.4. The minimum absolute atomic E-state index is 0.216. The predicted octanol–water partition coefficient (Wildman–Crippen LogP) is 6.20. The highest BCUT2D eigenvalue weighted by molar-refractivity contribution is 5.75. The lowest BCUT2D eigenvalue weighted by molar-refractivity contribution is -0.122. The van der Waals surface area contributed by atoms with Crippen molar-refractivity contribution in [3.63, 3.8) is 0 Å². The molecule has 0 aromatic heterocycles. The minimum Gasteiger partial charge on any atom is -0.359 e. The molecule has 8 atom stereocenters. The fourth-order valence-electron chi connectivity index (χ4n) is 8.96. The van der Waals surface area contributed by atoms with Gasteiger partial charge in [-0.1, -0.05) is 33.6 Å². The highest BCUT2D eigenvalue weighted by Crippen LogP contribution is 2.68. The normalized spacial score (nSPS) is 47.5. The maximum atomic E-state index is 11.7. The van der Waals surface area contributed by atoms with Gasteiger partial charge >= 0.3 is 0 Å². The molecule has 4 fully saturated rings. The highest BCUT2D eigenvalue weighted by atomic mass is 16.1. The lowest BCUT2D eigenvalue weighted by Gasteiger charge is -2.61. The minimum atomic E-state index is 0.216. The first-order chi connectivity index (χ1) is 12.9. The van der Waals surface area contributed by atoms with E-state index in [1.54, 1.807) is 7.05 Å². The fourth-order valence-corrected chi connectivity index (χ4v) is 8.96. The summed E-state index contributed by atoms with van der Waals surface area (Å²) in [5, 5.41) is 2.81. The Bertz CT molecular complexity index is 559. The topological polar surface area (TPSA) is 29.1 Å². The maximum absolute atomic E-state index is 11.7. The number of carbonyl (C=O) groups excluding carboxylic acids is 1. The molecule has 27 heavy (non-hydrogen) atoms. The van der Waals surface area contributed by atoms with Crippen molar-refractivity contribution in [2.24, 2.45) is 46.3 Å². The summed E-state index contributed by atoms with van der Waals surface area (Å²) in [6.07, 6.45) is 16.6. The van der Waals surface area contributed by atoms with Gasteiger partial charge in [0.25, 0.3) is 0 Å². The molecule has 1 amide bonds. The Balaban J connectivity index is 1.49. The van der Waals surface area contributed by atoms with Gasteiger partial charge < -0.3 is 5.32 Å². The molecule has 0 bridgehead atoms. The van der Waals surface area contributed by atoms with E-state index in [0.717, 1.165) is 36.0 Å². The zero-order chi connectivity index (χ0) is 19.2. The van der Waals surface area contributed by atoms with E-state index >= 15 is 0 Å². The number of fused-ring (bicyclic) bond motifs is 5. The van der Waals surface area contributed by atoms with Crippen molar-refractivity contribution >= 4 is 5.91 Å². The summed E-state index contributed by atoms with van der Waals surface area (Å²) in [5.41, 5.74) is 1.20. The third kappa shape index (κ3) is 3.18. The van der Waals surface area contributed by atoms with Crippen LogP contribution in [0.25, 0.3) is 0 Å². The summed E-state index contributed by atoms with van der Waals surface area (Å²) in [6.45, 7) is 7.78. The van der Waals surface area contributed by atoms with Gasteiger partial charge in [0, 0.05) is 13.5 Å². The van der Waals surface area contributed by atoms with Gasteiger partial charge in [-0.3, -0.25) is 4.79 Å². The summed E-state index contributed by atoms with van der Waals surface area (Å²) in [5.74, 6) is 5.74. The molecule has 0 spiro atoms. The monoisotopic (exact) mass is 373 g/mol. The van der Waals surface area contributed by atoms with Crippen molar-refractivity contribution in [1.82, 2.24) is 5.32 Å². The van der Waals surface area contributed by atoms with Crippen LogP contribution in [-0.4, -0.2) is 13.0 Å². The second-order valence-corrected chi connectivity index (χ2v) is 11.3. The van der Waals surface area contributed by atoms with Gasteiger partial charge in [0.2, 0.25) is 5.91 Å². The Morgan fingerprint density at radius 2 is 1.74 bits per heavy atom. The summed E-state index contributed by atoms with van der Waals surface area (Å²) >= 11 is 0. The average molecular weight is 374 g/mol. The van der Waals surface area contributed by atoms with E-state index in [1.165, 1.54) is 64.2 Å². The molecule has 4 unspecified atom stereocenters. The van der Waals surface area contributed by atoms with E-state index in [4.69, 9.17) is 0 Å². The molecule has 0 aromatic rings. The number of rotatable bonds is 4. The van der Waals surface area contributed by atoms with Gasteiger partial charge in [0.15, 0.2) is 0 Å². The van der Waals surface area contributed by atoms with Crippen LogP contribution in [0.5, 0.6) is 0 Å². The second kappa shape index (κ2) is 7.38. The highest BCUT2D eigenvalue weighted by Gasteiger charge is 2.60. The van der Waals surface area contributed by atoms with Crippen molar-refractivity contribution in [1.29, 1.82) is 0 Å². The first kappa shape index (κ1) is 19.8. The Morgan fingerprint density at radius 1 is 0.963 bits per heavy atom. The molecule has 0 saturated heterocycles. The molecule has 4 aliphatic carbocycles. The third-order valence-electron chi connectivity index (χ3n) is 10.4. The molecule has 4 saturated carbocycles. The standard InChI is InChI=1S/C25H43NO/c1-17(8-13-23(27)26-4)20-11-12-21-19-10-9-18-7-5-6-15-24(18,2)22(19)14-16-25(20,21)3/h17-22H,5-16H2,1-4H3,(H,26,27)/t17-,18+,19?,20?,21?,22?,24+,25-/m1/s1. The molecule has 4 aliphatic rings. The quantitative estimate of drug-likeness (QED) is 0.624. The summed E-state index contributed by atoms with van der Waals surface area (Å²) in [6, 6.07) is 0. The Hall–Kier alpha value is -0.530. The second-order valence-electron chi connectivity index (χ2n) is 11.3. The fraction of sp³-hybridized carbons (Fsp3) is 0.960. The van der Waals surface area contributed by atoms with E-state index in [9.17, 15) is 4.79 Å². The number of carbonyl (C=O) groups is 1. The lowest BCUT2D eigenvalue weighted by atomic mass is 9.44. The molecular formula is C25H43NO. The zero-order valence-corrected chi connectivity index (χ0v) is 18.4. The smallest absolute Gasteiger partial charge is 0.219 e. The largest absolute Gasteiger partial charge is 0.359 e. The molecule has 1 N–H and O–H groups in total. The summed E-state index contributed by atoms with van der Waals surface area (Å²) in [4.78, 5) is 11.7. The van der Waals surface area contributed by atoms with Crippen LogP contribution in [0.3, 0.4) is 0 Å². The van der Waals surface area contributed by atoms with E-state index in [1.807, 2.05) is 0 Å². The van der Waals surface area contributed by atoms with Crippen LogP contribution in [0.15, 0.2) is 0 Å². The number of hydrogen-bond acceptors (Lipinski definition) is 1. The van der Waals surface area contributed by atoms with Gasteiger partial charge in [-0.15, -0.1) is 0 Å². The first-order valence-corrected chi connectivity index (χ1v) is 12.1. The molecule has 2 nitrogen and oxygen atoms in total. The summed E-state index contributed by atoms with van der Waals surface area (Å²) < 4.78 is 0. The van der Waals surface area contributed by atoms with Crippen LogP contribution in [0, 0.1) is 46.3 Å². The van der Waals surface area contributed by atoms with Crippen LogP contribution < -0.4 is 5.32 Å². The van der Waals surface area contributed by atoms with E-state index < -0.39 is 0 Å². The summed E-state index contributed by atoms with van der Waals surface area (Å²) in [7, 11) is 1.77. The van der Waals surface area contributed by atoms with Gasteiger partial charge in [0.05, 0.1) is 0 Å². The Labute approximate surface area is 167 Å². The number of nitrogens with one attached hydrogen (secondary N) is 1. The van der Waals surface area contributed by atoms with E-state index in [0.29, 0.717) is 23.2 Å². The van der Waals surface area contributed by atoms with E-state index in [-0.39, 0.29) is 5.91 Å². The van der Waals surface area contributed by atoms with Gasteiger partial charge in [-0.05, 0) is 104 Å². The van der Waals surface area contributed by atoms with Crippen molar-refractivity contribution in [3.05, 3.63) is 0 Å². The van der Waals surface area contributed by atoms with Crippen LogP contribution in [0.1, 0.15) is 97.8 Å². The molecular weight excluding hydrogens is 330 g/mol. The zero-order valence-electron chi connectivity index (χ0n) is 18.4. The lowest BCUT2D eigenvalue weighted by Crippen LogP contribution is -2.53. The Morgan fingerprint density at radius 3 is 2.52 bits per heavy atom. The van der Waals surface area contributed by atoms with Crippen molar-refractivity contribution in [2.75, 3.05) is 7.05 Å².